The van der Waals surface area contributed by atoms with E-state index in [0.29, 0.717) is 12.2 Å². The van der Waals surface area contributed by atoms with Crippen molar-refractivity contribution in [3.8, 4) is 0 Å². The molecule has 0 unspecified atom stereocenters. The van der Waals surface area contributed by atoms with Gasteiger partial charge in [0.1, 0.15) is 5.70 Å². The average molecular weight is 377 g/mol. The van der Waals surface area contributed by atoms with Crippen molar-refractivity contribution in [1.82, 2.24) is 16.3 Å². The van der Waals surface area contributed by atoms with Gasteiger partial charge in [-0.2, -0.15) is 0 Å². The molecule has 1 aliphatic heterocycles. The second-order valence-corrected chi connectivity index (χ2v) is 7.08. The number of carbonyl (C=O) groups is 2. The van der Waals surface area contributed by atoms with Gasteiger partial charge in [0.05, 0.1) is 11.9 Å². The van der Waals surface area contributed by atoms with E-state index in [4.69, 9.17) is 0 Å². The molecule has 0 bridgehead atoms. The molecular weight excluding hydrogens is 354 g/mol. The van der Waals surface area contributed by atoms with E-state index in [1.807, 2.05) is 55.5 Å². The number of nitrogens with one attached hydrogen (secondary N) is 4. The highest BCUT2D eigenvalue weighted by Gasteiger charge is 2.29. The maximum atomic E-state index is 12.6. The third kappa shape index (κ3) is 4.15. The predicted molar refractivity (Wildman–Crippen MR) is 108 cm³/mol. The van der Waals surface area contributed by atoms with E-state index in [-0.39, 0.29) is 17.7 Å². The molecule has 0 spiro atoms. The summed E-state index contributed by atoms with van der Waals surface area (Å²) >= 11 is 0. The number of nitrogens with zero attached hydrogens (tertiary/aromatic N) is 1. The summed E-state index contributed by atoms with van der Waals surface area (Å²) in [5, 5.41) is 7.63. The Bertz CT molecular complexity index is 922. The molecule has 0 radical (unpaired) electrons. The molecule has 7 heteroatoms. The molecule has 2 amide bonds. The van der Waals surface area contributed by atoms with E-state index in [1.165, 1.54) is 0 Å². The Morgan fingerprint density at radius 1 is 1.14 bits per heavy atom. The smallest absolute Gasteiger partial charge is 0.274 e. The molecule has 7 nitrogen and oxygen atoms in total. The van der Waals surface area contributed by atoms with Crippen molar-refractivity contribution < 1.29 is 9.59 Å². The number of hydrogen-bond acceptors (Lipinski definition) is 5. The van der Waals surface area contributed by atoms with Gasteiger partial charge in [-0.1, -0.05) is 30.3 Å². The standard InChI is InChI=1S/C21H23N5O2/c1-14-7-8-15(12-22-20(27)16-9-10-16)11-18(14)23-21(28)19-13-26(25-24-19)17-5-3-2-4-6-17/h2-8,11,13,16,24-25H,9-10,12H2,1H3,(H,22,27)(H,23,28). The first kappa shape index (κ1) is 18.1. The highest BCUT2D eigenvalue weighted by Crippen LogP contribution is 2.29. The molecule has 4 N–H and O–H groups in total. The van der Waals surface area contributed by atoms with Crippen molar-refractivity contribution in [2.75, 3.05) is 10.3 Å². The summed E-state index contributed by atoms with van der Waals surface area (Å²) < 4.78 is 0. The largest absolute Gasteiger partial charge is 0.352 e. The average Bonchev–Trinajstić information content (AvgIpc) is 3.45. The Morgan fingerprint density at radius 2 is 1.93 bits per heavy atom. The van der Waals surface area contributed by atoms with Crippen molar-refractivity contribution in [2.24, 2.45) is 5.92 Å². The van der Waals surface area contributed by atoms with Crippen LogP contribution in [0, 0.1) is 12.8 Å². The van der Waals surface area contributed by atoms with E-state index in [2.05, 4.69) is 21.6 Å². The van der Waals surface area contributed by atoms with Gasteiger partial charge >= 0.3 is 0 Å². The number of anilines is 2. The fourth-order valence-electron chi connectivity index (χ4n) is 2.94. The van der Waals surface area contributed by atoms with Crippen LogP contribution in [0.5, 0.6) is 0 Å². The zero-order valence-corrected chi connectivity index (χ0v) is 15.7. The topological polar surface area (TPSA) is 85.5 Å². The Kier molecular flexibility index (Phi) is 4.99. The van der Waals surface area contributed by atoms with Gasteiger partial charge in [0.15, 0.2) is 0 Å². The molecule has 1 saturated carbocycles. The lowest BCUT2D eigenvalue weighted by Crippen LogP contribution is -2.38. The van der Waals surface area contributed by atoms with Crippen LogP contribution < -0.4 is 26.6 Å². The molecular formula is C21H23N5O2. The van der Waals surface area contributed by atoms with Crippen LogP contribution in [0.15, 0.2) is 60.4 Å². The molecule has 2 aromatic rings. The summed E-state index contributed by atoms with van der Waals surface area (Å²) in [4.78, 5) is 24.5. The van der Waals surface area contributed by atoms with E-state index in [9.17, 15) is 9.59 Å². The molecule has 0 saturated heterocycles. The van der Waals surface area contributed by atoms with E-state index in [1.54, 1.807) is 11.2 Å². The van der Waals surface area contributed by atoms with Crippen LogP contribution in [-0.4, -0.2) is 11.8 Å². The van der Waals surface area contributed by atoms with Crippen molar-refractivity contribution in [1.29, 1.82) is 0 Å². The fraction of sp³-hybridized carbons (Fsp3) is 0.238. The molecule has 2 aliphatic rings. The first-order valence-corrected chi connectivity index (χ1v) is 9.36. The fourth-order valence-corrected chi connectivity index (χ4v) is 2.94. The lowest BCUT2D eigenvalue weighted by molar-refractivity contribution is -0.122. The zero-order chi connectivity index (χ0) is 19.5. The van der Waals surface area contributed by atoms with Crippen molar-refractivity contribution >= 4 is 23.2 Å². The number of para-hydroxylation sites is 1. The molecule has 0 aromatic heterocycles. The van der Waals surface area contributed by atoms with Crippen LogP contribution >= 0.6 is 0 Å². The summed E-state index contributed by atoms with van der Waals surface area (Å²) in [6.45, 7) is 2.40. The molecule has 1 fully saturated rings. The SMILES string of the molecule is Cc1ccc(CNC(=O)C2CC2)cc1NC(=O)C1=CN(c2ccccc2)NN1. The zero-order valence-electron chi connectivity index (χ0n) is 15.7. The molecule has 28 heavy (non-hydrogen) atoms. The quantitative estimate of drug-likeness (QED) is 0.621. The number of rotatable bonds is 6. The summed E-state index contributed by atoms with van der Waals surface area (Å²) in [6, 6.07) is 15.5. The monoisotopic (exact) mass is 377 g/mol. The van der Waals surface area contributed by atoms with Crippen molar-refractivity contribution in [2.45, 2.75) is 26.3 Å². The van der Waals surface area contributed by atoms with Gasteiger partial charge in [0.25, 0.3) is 5.91 Å². The van der Waals surface area contributed by atoms with Crippen molar-refractivity contribution in [3.63, 3.8) is 0 Å². The Balaban J connectivity index is 1.41. The molecule has 4 rings (SSSR count). The normalized spacial score (nSPS) is 15.6. The van der Waals surface area contributed by atoms with E-state index >= 15 is 0 Å². The number of hydrazine groups is 2. The van der Waals surface area contributed by atoms with Gasteiger partial charge in [-0.05, 0) is 49.1 Å². The molecule has 0 atom stereocenters. The highest BCUT2D eigenvalue weighted by atomic mass is 16.2. The Morgan fingerprint density at radius 3 is 2.68 bits per heavy atom. The lowest BCUT2D eigenvalue weighted by atomic mass is 10.1. The highest BCUT2D eigenvalue weighted by molar-refractivity contribution is 6.04. The molecule has 2 aromatic carbocycles. The van der Waals surface area contributed by atoms with Gasteiger partial charge in [0, 0.05) is 18.2 Å². The van der Waals surface area contributed by atoms with Gasteiger partial charge in [-0.15, -0.1) is 5.53 Å². The summed E-state index contributed by atoms with van der Waals surface area (Å²) in [5.74, 6) is 0.0526. The van der Waals surface area contributed by atoms with Crippen LogP contribution in [0.1, 0.15) is 24.0 Å². The van der Waals surface area contributed by atoms with E-state index in [0.717, 1.165) is 35.3 Å². The minimum absolute atomic E-state index is 0.110. The molecule has 1 aliphatic carbocycles. The third-order valence-electron chi connectivity index (χ3n) is 4.81. The number of carbonyl (C=O) groups excluding carboxylic acids is 2. The summed E-state index contributed by atoms with van der Waals surface area (Å²) in [7, 11) is 0. The summed E-state index contributed by atoms with van der Waals surface area (Å²) in [5.41, 5.74) is 9.80. The van der Waals surface area contributed by atoms with Crippen LogP contribution in [0.2, 0.25) is 0 Å². The third-order valence-corrected chi connectivity index (χ3v) is 4.81. The van der Waals surface area contributed by atoms with E-state index < -0.39 is 0 Å². The van der Waals surface area contributed by atoms with Gasteiger partial charge in [0.2, 0.25) is 5.91 Å². The lowest BCUT2D eigenvalue weighted by Gasteiger charge is -2.14. The first-order chi connectivity index (χ1) is 13.6. The Hall–Kier alpha value is -3.32. The van der Waals surface area contributed by atoms with Crippen molar-refractivity contribution in [3.05, 3.63) is 71.6 Å². The van der Waals surface area contributed by atoms with Gasteiger partial charge < -0.3 is 10.6 Å². The predicted octanol–water partition coefficient (Wildman–Crippen LogP) is 2.33. The molecule has 144 valence electrons. The maximum absolute atomic E-state index is 12.6. The van der Waals surface area contributed by atoms with Gasteiger partial charge in [-0.25, -0.2) is 0 Å². The number of benzene rings is 2. The second kappa shape index (κ2) is 7.74. The molecule has 1 heterocycles. The second-order valence-electron chi connectivity index (χ2n) is 7.08. The maximum Gasteiger partial charge on any atom is 0.274 e. The Labute approximate surface area is 163 Å². The van der Waals surface area contributed by atoms with Gasteiger partial charge in [-0.3, -0.25) is 20.0 Å². The van der Waals surface area contributed by atoms with Crippen LogP contribution in [0.25, 0.3) is 0 Å². The van der Waals surface area contributed by atoms with Crippen LogP contribution in [-0.2, 0) is 16.1 Å². The van der Waals surface area contributed by atoms with Crippen LogP contribution in [0.4, 0.5) is 11.4 Å². The van der Waals surface area contributed by atoms with Crippen LogP contribution in [0.3, 0.4) is 0 Å². The minimum Gasteiger partial charge on any atom is -0.352 e. The number of hydrogen-bond donors (Lipinski definition) is 4. The number of aryl methyl sites for hydroxylation is 1. The number of amides is 2. The summed E-state index contributed by atoms with van der Waals surface area (Å²) in [6.07, 6.45) is 3.67. The minimum atomic E-state index is -0.242. The first-order valence-electron chi connectivity index (χ1n) is 9.36.